The van der Waals surface area contributed by atoms with E-state index in [4.69, 9.17) is 14.2 Å². The minimum atomic E-state index is -0.0581. The third-order valence-corrected chi connectivity index (χ3v) is 7.95. The molecule has 0 N–H and O–H groups in total. The third-order valence-electron chi connectivity index (χ3n) is 6.08. The molecule has 0 aromatic heterocycles. The van der Waals surface area contributed by atoms with E-state index in [1.165, 1.54) is 41.4 Å². The summed E-state index contributed by atoms with van der Waals surface area (Å²) in [6.45, 7) is 9.36. The molecule has 2 aromatic rings. The number of methoxy groups -OCH3 is 2. The number of nitrogens with zero attached hydrogens (tertiary/aromatic N) is 1. The molecule has 2 unspecified atom stereocenters. The SMILES string of the molecule is CCC(C)(Pc1ccc(C)cc1N1CCCCC1)c1cc(OC)ccc1OCOC. The average molecular weight is 430 g/mol. The van der Waals surface area contributed by atoms with Crippen molar-refractivity contribution in [2.45, 2.75) is 51.6 Å². The fourth-order valence-electron chi connectivity index (χ4n) is 4.10. The van der Waals surface area contributed by atoms with Gasteiger partial charge in [0, 0.05) is 36.6 Å². The van der Waals surface area contributed by atoms with Gasteiger partial charge in [0.2, 0.25) is 0 Å². The van der Waals surface area contributed by atoms with Crippen LogP contribution in [0.4, 0.5) is 5.69 Å². The second kappa shape index (κ2) is 10.5. The molecule has 1 heterocycles. The van der Waals surface area contributed by atoms with Crippen LogP contribution in [0.3, 0.4) is 0 Å². The van der Waals surface area contributed by atoms with Gasteiger partial charge in [-0.2, -0.15) is 0 Å². The van der Waals surface area contributed by atoms with Gasteiger partial charge in [0.05, 0.1) is 7.11 Å². The van der Waals surface area contributed by atoms with Gasteiger partial charge in [0.25, 0.3) is 0 Å². The molecule has 0 aliphatic carbocycles. The van der Waals surface area contributed by atoms with E-state index in [1.54, 1.807) is 14.2 Å². The monoisotopic (exact) mass is 429 g/mol. The molecular formula is C25H36NO3P. The maximum absolute atomic E-state index is 5.95. The van der Waals surface area contributed by atoms with Crippen molar-refractivity contribution in [3.8, 4) is 11.5 Å². The Hall–Kier alpha value is -1.77. The molecule has 3 rings (SSSR count). The lowest BCUT2D eigenvalue weighted by Crippen LogP contribution is -2.33. The highest BCUT2D eigenvalue weighted by Crippen LogP contribution is 2.49. The summed E-state index contributed by atoms with van der Waals surface area (Å²) in [6.07, 6.45) is 4.92. The number of piperidine rings is 1. The quantitative estimate of drug-likeness (QED) is 0.383. The Morgan fingerprint density at radius 2 is 1.80 bits per heavy atom. The van der Waals surface area contributed by atoms with Crippen molar-refractivity contribution in [1.82, 2.24) is 0 Å². The number of ether oxygens (including phenoxy) is 3. The normalized spacial score (nSPS) is 16.6. The highest BCUT2D eigenvalue weighted by Gasteiger charge is 2.31. The number of hydrogen-bond acceptors (Lipinski definition) is 4. The molecule has 164 valence electrons. The minimum absolute atomic E-state index is 0.0581. The van der Waals surface area contributed by atoms with Gasteiger partial charge in [0.15, 0.2) is 6.79 Å². The molecule has 5 heteroatoms. The molecule has 0 saturated carbocycles. The molecule has 1 fully saturated rings. The van der Waals surface area contributed by atoms with Crippen molar-refractivity contribution in [2.75, 3.05) is 39.0 Å². The number of anilines is 1. The molecule has 1 aliphatic heterocycles. The van der Waals surface area contributed by atoms with Gasteiger partial charge in [-0.05, 0) is 67.7 Å². The van der Waals surface area contributed by atoms with E-state index in [2.05, 4.69) is 49.9 Å². The van der Waals surface area contributed by atoms with Crippen molar-refractivity contribution in [1.29, 1.82) is 0 Å². The fraction of sp³-hybridized carbons (Fsp3) is 0.520. The minimum Gasteiger partial charge on any atom is -0.497 e. The van der Waals surface area contributed by atoms with E-state index >= 15 is 0 Å². The molecule has 0 radical (unpaired) electrons. The van der Waals surface area contributed by atoms with Crippen molar-refractivity contribution >= 4 is 19.6 Å². The first-order chi connectivity index (χ1) is 14.5. The first-order valence-corrected chi connectivity index (χ1v) is 11.9. The van der Waals surface area contributed by atoms with Crippen LogP contribution in [0, 0.1) is 6.92 Å². The second-order valence-electron chi connectivity index (χ2n) is 8.29. The summed E-state index contributed by atoms with van der Waals surface area (Å²) in [7, 11) is 4.00. The number of hydrogen-bond donors (Lipinski definition) is 0. The Bertz CT molecular complexity index is 835. The van der Waals surface area contributed by atoms with Crippen LogP contribution >= 0.6 is 8.58 Å². The molecule has 0 amide bonds. The summed E-state index contributed by atoms with van der Waals surface area (Å²) in [5.74, 6) is 1.74. The van der Waals surface area contributed by atoms with Crippen LogP contribution in [0.15, 0.2) is 36.4 Å². The lowest BCUT2D eigenvalue weighted by molar-refractivity contribution is 0.0500. The predicted octanol–water partition coefficient (Wildman–Crippen LogP) is 5.61. The molecule has 30 heavy (non-hydrogen) atoms. The Labute approximate surface area is 183 Å². The standard InChI is InChI=1S/C25H36NO3P/c1-6-25(3,21-17-20(28-5)11-12-23(21)29-18-27-4)30-24-13-10-19(2)16-22(24)26-14-8-7-9-15-26/h10-13,16-17,30H,6-9,14-15,18H2,1-5H3. The lowest BCUT2D eigenvalue weighted by Gasteiger charge is -2.35. The van der Waals surface area contributed by atoms with Gasteiger partial charge in [-0.3, -0.25) is 0 Å². The van der Waals surface area contributed by atoms with Crippen LogP contribution in [-0.4, -0.2) is 34.1 Å². The first-order valence-electron chi connectivity index (χ1n) is 10.9. The highest BCUT2D eigenvalue weighted by atomic mass is 31.1. The van der Waals surface area contributed by atoms with E-state index in [9.17, 15) is 0 Å². The molecule has 2 atom stereocenters. The Morgan fingerprint density at radius 3 is 2.47 bits per heavy atom. The van der Waals surface area contributed by atoms with Crippen molar-refractivity contribution in [3.63, 3.8) is 0 Å². The molecule has 2 aromatic carbocycles. The van der Waals surface area contributed by atoms with Gasteiger partial charge in [-0.1, -0.05) is 34.6 Å². The van der Waals surface area contributed by atoms with Gasteiger partial charge in [0.1, 0.15) is 11.5 Å². The Balaban J connectivity index is 2.00. The largest absolute Gasteiger partial charge is 0.497 e. The number of benzene rings is 2. The van der Waals surface area contributed by atoms with Gasteiger partial charge >= 0.3 is 0 Å². The van der Waals surface area contributed by atoms with Crippen molar-refractivity contribution < 1.29 is 14.2 Å². The maximum Gasteiger partial charge on any atom is 0.188 e. The summed E-state index contributed by atoms with van der Waals surface area (Å²) in [6, 6.07) is 13.1. The van der Waals surface area contributed by atoms with Crippen LogP contribution in [0.2, 0.25) is 0 Å². The highest BCUT2D eigenvalue weighted by molar-refractivity contribution is 7.49. The number of aryl methyl sites for hydroxylation is 1. The summed E-state index contributed by atoms with van der Waals surface area (Å²) in [5, 5.41) is 1.38. The summed E-state index contributed by atoms with van der Waals surface area (Å²) < 4.78 is 16.7. The molecule has 4 nitrogen and oxygen atoms in total. The van der Waals surface area contributed by atoms with Crippen molar-refractivity contribution in [2.24, 2.45) is 0 Å². The third kappa shape index (κ3) is 5.28. The van der Waals surface area contributed by atoms with Crippen LogP contribution in [-0.2, 0) is 9.89 Å². The van der Waals surface area contributed by atoms with Crippen molar-refractivity contribution in [3.05, 3.63) is 47.5 Å². The second-order valence-corrected chi connectivity index (χ2v) is 10.2. The zero-order valence-corrected chi connectivity index (χ0v) is 20.1. The molecule has 1 saturated heterocycles. The predicted molar refractivity (Wildman–Crippen MR) is 128 cm³/mol. The van der Waals surface area contributed by atoms with E-state index in [0.717, 1.165) is 31.0 Å². The summed E-state index contributed by atoms with van der Waals surface area (Å²) in [4.78, 5) is 2.59. The van der Waals surface area contributed by atoms with E-state index < -0.39 is 0 Å². The molecular weight excluding hydrogens is 393 g/mol. The van der Waals surface area contributed by atoms with Gasteiger partial charge < -0.3 is 19.1 Å². The molecule has 0 spiro atoms. The zero-order valence-electron chi connectivity index (χ0n) is 19.1. The summed E-state index contributed by atoms with van der Waals surface area (Å²) >= 11 is 0. The number of rotatable bonds is 9. The Morgan fingerprint density at radius 1 is 1.03 bits per heavy atom. The van der Waals surface area contributed by atoms with Gasteiger partial charge in [-0.25, -0.2) is 0 Å². The molecule has 1 aliphatic rings. The van der Waals surface area contributed by atoms with Crippen LogP contribution in [0.1, 0.15) is 50.7 Å². The topological polar surface area (TPSA) is 30.9 Å². The van der Waals surface area contributed by atoms with E-state index in [-0.39, 0.29) is 11.9 Å². The van der Waals surface area contributed by atoms with Crippen LogP contribution in [0.5, 0.6) is 11.5 Å². The van der Waals surface area contributed by atoms with Crippen LogP contribution < -0.4 is 19.7 Å². The average Bonchev–Trinajstić information content (AvgIpc) is 2.79. The maximum atomic E-state index is 5.95. The lowest BCUT2D eigenvalue weighted by atomic mass is 9.96. The molecule has 0 bridgehead atoms. The summed E-state index contributed by atoms with van der Waals surface area (Å²) in [5.41, 5.74) is 3.92. The van der Waals surface area contributed by atoms with E-state index in [1.807, 2.05) is 12.1 Å². The van der Waals surface area contributed by atoms with Crippen LogP contribution in [0.25, 0.3) is 0 Å². The van der Waals surface area contributed by atoms with Gasteiger partial charge in [-0.15, -0.1) is 0 Å². The Kier molecular flexibility index (Phi) is 8.02. The first kappa shape index (κ1) is 22.9. The smallest absolute Gasteiger partial charge is 0.188 e. The zero-order chi connectivity index (χ0) is 21.6. The fourth-order valence-corrected chi connectivity index (χ4v) is 5.73. The van der Waals surface area contributed by atoms with E-state index in [0.29, 0.717) is 8.58 Å².